The molecule has 6 aromatic carbocycles. The Bertz CT molecular complexity index is 1670. The average Bonchev–Trinajstić information content (AvgIpc) is 3.00. The van der Waals surface area contributed by atoms with Gasteiger partial charge in [-0.05, 0) is 50.5 Å². The van der Waals surface area contributed by atoms with Crippen molar-refractivity contribution >= 4 is 72.8 Å². The van der Waals surface area contributed by atoms with Crippen LogP contribution < -0.4 is 0 Å². The molecule has 0 aromatic heterocycles. The zero-order valence-corrected chi connectivity index (χ0v) is 28.1. The van der Waals surface area contributed by atoms with Crippen LogP contribution in [-0.4, -0.2) is 55.8 Å². The van der Waals surface area contributed by atoms with Crippen molar-refractivity contribution < 1.29 is 29.7 Å². The molecule has 222 valence electrons. The van der Waals surface area contributed by atoms with Gasteiger partial charge in [0.2, 0.25) is 0 Å². The van der Waals surface area contributed by atoms with Crippen molar-refractivity contribution in [1.29, 1.82) is 0 Å². The molecule has 6 aromatic rings. The summed E-state index contributed by atoms with van der Waals surface area (Å²) in [7, 11) is 0. The van der Waals surface area contributed by atoms with E-state index in [1.165, 1.54) is 22.5 Å². The van der Waals surface area contributed by atoms with Gasteiger partial charge in [-0.2, -0.15) is 0 Å². The van der Waals surface area contributed by atoms with E-state index in [9.17, 15) is 14.4 Å². The van der Waals surface area contributed by atoms with Gasteiger partial charge in [0, 0.05) is 0 Å². The standard InChI is InChI=1S/3C11H8O2.C4H9.Sn.H/c3*12-11(13)10-7-3-5-8-4-1-2-6-9(8)10;1-4(2)3;;/h3*1-7H,(H,12,13);1-3H3;;. The molecule has 44 heavy (non-hydrogen) atoms. The fraction of sp³-hybridized carbons (Fsp3) is 0.108. The summed E-state index contributed by atoms with van der Waals surface area (Å²) in [6, 6.07) is 38.2. The van der Waals surface area contributed by atoms with Crippen LogP contribution >= 0.6 is 0 Å². The molecule has 0 saturated heterocycles. The third kappa shape index (κ3) is 9.95. The summed E-state index contributed by atoms with van der Waals surface area (Å²) in [6.45, 7) is 6.74. The maximum atomic E-state index is 10.8. The molecule has 0 saturated carbocycles. The molecule has 0 fully saturated rings. The van der Waals surface area contributed by atoms with Gasteiger partial charge in [-0.25, -0.2) is 14.4 Å². The van der Waals surface area contributed by atoms with Crippen molar-refractivity contribution in [3.8, 4) is 0 Å². The molecule has 3 N–H and O–H groups in total. The first-order chi connectivity index (χ1) is 20.9. The van der Waals surface area contributed by atoms with E-state index in [1.54, 1.807) is 36.4 Å². The smallest absolute Gasteiger partial charge is 0.336 e. The van der Waals surface area contributed by atoms with Crippen molar-refractivity contribution in [3.05, 3.63) is 144 Å². The van der Waals surface area contributed by atoms with E-state index in [0.29, 0.717) is 20.1 Å². The van der Waals surface area contributed by atoms with E-state index >= 15 is 0 Å². The summed E-state index contributed by atoms with van der Waals surface area (Å²) < 4.78 is 0.630. The molecule has 6 nitrogen and oxygen atoms in total. The zero-order valence-electron chi connectivity index (χ0n) is 24.8. The van der Waals surface area contributed by atoms with E-state index in [0.717, 1.165) is 32.3 Å². The molecule has 6 rings (SSSR count). The molecule has 0 aliphatic heterocycles. The van der Waals surface area contributed by atoms with Crippen LogP contribution in [0.5, 0.6) is 0 Å². The Morgan fingerprint density at radius 1 is 0.432 bits per heavy atom. The van der Waals surface area contributed by atoms with E-state index in [-0.39, 0.29) is 0 Å². The van der Waals surface area contributed by atoms with Crippen LogP contribution in [0.1, 0.15) is 51.8 Å². The Balaban J connectivity index is 0.000000168. The molecule has 0 bridgehead atoms. The first-order valence-corrected chi connectivity index (χ1v) is 15.4. The molecule has 0 aliphatic carbocycles. The minimum Gasteiger partial charge on any atom is -0.478 e. The van der Waals surface area contributed by atoms with Gasteiger partial charge in [0.1, 0.15) is 0 Å². The Labute approximate surface area is 269 Å². The van der Waals surface area contributed by atoms with Crippen LogP contribution in [0.4, 0.5) is 0 Å². The number of carbonyl (C=O) groups is 3. The molecular formula is C37H34O6Sn. The minimum absolute atomic E-state index is 0.359. The van der Waals surface area contributed by atoms with E-state index in [4.69, 9.17) is 15.3 Å². The fourth-order valence-corrected chi connectivity index (χ4v) is 4.24. The first-order valence-electron chi connectivity index (χ1n) is 13.8. The number of hydrogen-bond donors (Lipinski definition) is 3. The van der Waals surface area contributed by atoms with E-state index in [2.05, 4.69) is 20.8 Å². The second kappa shape index (κ2) is 15.7. The number of fused-ring (bicyclic) bond motifs is 3. The van der Waals surface area contributed by atoms with Crippen molar-refractivity contribution in [1.82, 2.24) is 0 Å². The van der Waals surface area contributed by atoms with Crippen molar-refractivity contribution in [3.63, 3.8) is 0 Å². The van der Waals surface area contributed by atoms with Crippen LogP contribution in [0.2, 0.25) is 3.43 Å². The van der Waals surface area contributed by atoms with Crippen LogP contribution in [-0.2, 0) is 0 Å². The maximum absolute atomic E-state index is 10.8. The maximum Gasteiger partial charge on any atom is 0.336 e. The summed E-state index contributed by atoms with van der Waals surface area (Å²) in [5.41, 5.74) is 1.08. The number of aromatic carboxylic acids is 3. The Hall–Kier alpha value is -4.69. The largest absolute Gasteiger partial charge is 0.478 e. The first kappa shape index (κ1) is 33.8. The number of hydrogen-bond acceptors (Lipinski definition) is 3. The van der Waals surface area contributed by atoms with Gasteiger partial charge in [0.15, 0.2) is 0 Å². The summed E-state index contributed by atoms with van der Waals surface area (Å²) in [6.07, 6.45) is 0. The van der Waals surface area contributed by atoms with Gasteiger partial charge >= 0.3 is 64.6 Å². The van der Waals surface area contributed by atoms with E-state index < -0.39 is 17.9 Å². The Morgan fingerprint density at radius 2 is 0.636 bits per heavy atom. The van der Waals surface area contributed by atoms with Gasteiger partial charge in [0.25, 0.3) is 0 Å². The number of rotatable bonds is 3. The SMILES string of the molecule is C[C](C)(C)[SnH].O=C(O)c1cccc2ccccc12.O=C(O)c1cccc2ccccc12.O=C(O)c1cccc2ccccc12. The molecule has 0 unspecified atom stereocenters. The number of carboxylic acids is 3. The van der Waals surface area contributed by atoms with Gasteiger partial charge in [-0.1, -0.05) is 109 Å². The molecule has 0 amide bonds. The van der Waals surface area contributed by atoms with Gasteiger partial charge in [-0.15, -0.1) is 0 Å². The second-order valence-electron chi connectivity index (χ2n) is 10.9. The summed E-state index contributed by atoms with van der Waals surface area (Å²) in [5, 5.41) is 31.9. The monoisotopic (exact) mass is 694 g/mol. The fourth-order valence-electron chi connectivity index (χ4n) is 4.24. The molecule has 7 heteroatoms. The van der Waals surface area contributed by atoms with Crippen LogP contribution in [0.15, 0.2) is 127 Å². The van der Waals surface area contributed by atoms with Crippen molar-refractivity contribution in [2.24, 2.45) is 0 Å². The quantitative estimate of drug-likeness (QED) is 0.160. The predicted molar refractivity (Wildman–Crippen MR) is 180 cm³/mol. The summed E-state index contributed by atoms with van der Waals surface area (Å²) in [4.78, 5) is 32.4. The van der Waals surface area contributed by atoms with Crippen LogP contribution in [0.25, 0.3) is 32.3 Å². The van der Waals surface area contributed by atoms with Gasteiger partial charge in [-0.3, -0.25) is 0 Å². The molecule has 0 atom stereocenters. The number of benzene rings is 6. The zero-order chi connectivity index (χ0) is 32.3. The van der Waals surface area contributed by atoms with Crippen molar-refractivity contribution in [2.45, 2.75) is 24.2 Å². The average molecular weight is 693 g/mol. The molecule has 2 radical (unpaired) electrons. The number of carboxylic acid groups (broad SMARTS) is 3. The normalized spacial score (nSPS) is 10.4. The third-order valence-corrected chi connectivity index (χ3v) is 6.06. The summed E-state index contributed by atoms with van der Waals surface area (Å²) in [5.74, 6) is -2.63. The predicted octanol–water partition coefficient (Wildman–Crippen LogP) is 8.72. The van der Waals surface area contributed by atoms with Crippen LogP contribution in [0.3, 0.4) is 0 Å². The minimum atomic E-state index is -0.878. The van der Waals surface area contributed by atoms with Crippen molar-refractivity contribution in [2.75, 3.05) is 0 Å². The molecule has 0 heterocycles. The molecule has 0 spiro atoms. The van der Waals surface area contributed by atoms with Gasteiger partial charge < -0.3 is 15.3 Å². The Kier molecular flexibility index (Phi) is 12.1. The van der Waals surface area contributed by atoms with E-state index in [1.807, 2.05) is 91.0 Å². The molecular weight excluding hydrogens is 659 g/mol. The third-order valence-electron chi connectivity index (χ3n) is 6.06. The second-order valence-corrected chi connectivity index (χ2v) is 15.8. The topological polar surface area (TPSA) is 112 Å². The summed E-state index contributed by atoms with van der Waals surface area (Å²) >= 11 is 1.36. The van der Waals surface area contributed by atoms with Crippen LogP contribution in [0, 0.1) is 0 Å². The molecule has 0 aliphatic rings. The Morgan fingerprint density at radius 3 is 0.864 bits per heavy atom. The van der Waals surface area contributed by atoms with Gasteiger partial charge in [0.05, 0.1) is 16.7 Å².